The maximum atomic E-state index is 12.7. The molecule has 120 valence electrons. The number of hydrogen-bond acceptors (Lipinski definition) is 5. The van der Waals surface area contributed by atoms with E-state index >= 15 is 0 Å². The Kier molecular flexibility index (Phi) is 3.23. The lowest BCUT2D eigenvalue weighted by molar-refractivity contribution is -0.189. The lowest BCUT2D eigenvalue weighted by Crippen LogP contribution is -2.60. The molecule has 0 spiro atoms. The summed E-state index contributed by atoms with van der Waals surface area (Å²) in [6.45, 7) is 1.74. The van der Waals surface area contributed by atoms with Crippen molar-refractivity contribution in [3.8, 4) is 0 Å². The van der Waals surface area contributed by atoms with E-state index < -0.39 is 23.3 Å². The summed E-state index contributed by atoms with van der Waals surface area (Å²) in [5.41, 5.74) is -0.0745. The van der Waals surface area contributed by atoms with Crippen LogP contribution >= 0.6 is 0 Å². The number of rotatable bonds is 3. The molecule has 6 heteroatoms. The van der Waals surface area contributed by atoms with Crippen molar-refractivity contribution in [2.45, 2.75) is 37.6 Å². The second-order valence-corrected chi connectivity index (χ2v) is 6.41. The Morgan fingerprint density at radius 3 is 2.00 bits per heavy atom. The van der Waals surface area contributed by atoms with Gasteiger partial charge in [0.1, 0.15) is 5.54 Å². The van der Waals surface area contributed by atoms with Crippen molar-refractivity contribution in [3.05, 3.63) is 35.4 Å². The minimum atomic E-state index is -0.647. The predicted octanol–water partition coefficient (Wildman–Crippen LogP) is 1.76. The quantitative estimate of drug-likeness (QED) is 0.795. The molecular weight excluding hydrogens is 296 g/mol. The molecule has 0 unspecified atom stereocenters. The van der Waals surface area contributed by atoms with Crippen LogP contribution in [-0.4, -0.2) is 46.4 Å². The van der Waals surface area contributed by atoms with Gasteiger partial charge in [0.2, 0.25) is 0 Å². The summed E-state index contributed by atoms with van der Waals surface area (Å²) in [5.74, 6) is -1.59. The normalized spacial score (nSPS) is 22.9. The lowest BCUT2D eigenvalue weighted by atomic mass is 9.75. The zero-order valence-electron chi connectivity index (χ0n) is 12.8. The summed E-state index contributed by atoms with van der Waals surface area (Å²) in [6, 6.07) is 6.52. The summed E-state index contributed by atoms with van der Waals surface area (Å²) in [6.07, 6.45) is 4.57. The zero-order chi connectivity index (χ0) is 16.0. The summed E-state index contributed by atoms with van der Waals surface area (Å²) < 4.78 is 0. The van der Waals surface area contributed by atoms with E-state index in [2.05, 4.69) is 4.90 Å². The van der Waals surface area contributed by atoms with Crippen LogP contribution in [-0.2, 0) is 9.63 Å². The summed E-state index contributed by atoms with van der Waals surface area (Å²) in [7, 11) is 0. The van der Waals surface area contributed by atoms with E-state index in [1.165, 1.54) is 0 Å². The number of hydrogen-bond donors (Lipinski definition) is 0. The fraction of sp³-hybridized carbons (Fsp3) is 0.471. The van der Waals surface area contributed by atoms with E-state index in [1.807, 2.05) is 0 Å². The fourth-order valence-corrected chi connectivity index (χ4v) is 3.72. The van der Waals surface area contributed by atoms with Crippen molar-refractivity contribution in [3.63, 3.8) is 0 Å². The molecule has 2 amide bonds. The Morgan fingerprint density at radius 1 is 0.957 bits per heavy atom. The summed E-state index contributed by atoms with van der Waals surface area (Å²) >= 11 is 0. The molecule has 3 aliphatic rings. The smallest absolute Gasteiger partial charge is 0.328 e. The molecule has 6 nitrogen and oxygen atoms in total. The van der Waals surface area contributed by atoms with Crippen molar-refractivity contribution in [1.82, 2.24) is 9.96 Å². The van der Waals surface area contributed by atoms with Gasteiger partial charge in [-0.1, -0.05) is 17.2 Å². The third-order valence-corrected chi connectivity index (χ3v) is 5.20. The van der Waals surface area contributed by atoms with Gasteiger partial charge in [0.25, 0.3) is 11.8 Å². The highest BCUT2D eigenvalue weighted by atomic mass is 16.7. The molecule has 4 rings (SSSR count). The summed E-state index contributed by atoms with van der Waals surface area (Å²) in [5, 5.41) is 0.628. The number of imide groups is 1. The highest BCUT2D eigenvalue weighted by Gasteiger charge is 2.53. The Balaban J connectivity index is 1.55. The first-order valence-corrected chi connectivity index (χ1v) is 8.09. The van der Waals surface area contributed by atoms with Gasteiger partial charge in [-0.2, -0.15) is 0 Å². The maximum Gasteiger partial charge on any atom is 0.353 e. The van der Waals surface area contributed by atoms with E-state index in [9.17, 15) is 14.4 Å². The predicted molar refractivity (Wildman–Crippen MR) is 80.4 cm³/mol. The number of amides is 2. The van der Waals surface area contributed by atoms with Crippen LogP contribution in [0.2, 0.25) is 0 Å². The molecule has 1 saturated carbocycles. The van der Waals surface area contributed by atoms with Gasteiger partial charge in [-0.15, -0.1) is 0 Å². The Hall–Kier alpha value is -2.21. The molecule has 2 aliphatic heterocycles. The van der Waals surface area contributed by atoms with Crippen molar-refractivity contribution >= 4 is 17.8 Å². The van der Waals surface area contributed by atoms with Gasteiger partial charge in [0, 0.05) is 0 Å². The molecule has 0 aromatic heterocycles. The molecule has 2 heterocycles. The van der Waals surface area contributed by atoms with Crippen molar-refractivity contribution in [1.29, 1.82) is 0 Å². The van der Waals surface area contributed by atoms with Crippen LogP contribution in [0.15, 0.2) is 24.3 Å². The fourth-order valence-electron chi connectivity index (χ4n) is 3.72. The molecule has 23 heavy (non-hydrogen) atoms. The topological polar surface area (TPSA) is 66.9 Å². The van der Waals surface area contributed by atoms with E-state index in [0.717, 1.165) is 45.2 Å². The number of carbonyl (C=O) groups is 3. The van der Waals surface area contributed by atoms with E-state index in [-0.39, 0.29) is 11.1 Å². The van der Waals surface area contributed by atoms with Crippen LogP contribution in [0.5, 0.6) is 0 Å². The molecule has 0 bridgehead atoms. The van der Waals surface area contributed by atoms with Crippen LogP contribution in [0.4, 0.5) is 0 Å². The highest BCUT2D eigenvalue weighted by Crippen LogP contribution is 2.41. The van der Waals surface area contributed by atoms with Gasteiger partial charge >= 0.3 is 5.97 Å². The number of fused-ring (bicyclic) bond motifs is 1. The molecule has 1 saturated heterocycles. The molecule has 1 aromatic rings. The zero-order valence-corrected chi connectivity index (χ0v) is 12.8. The first-order valence-electron chi connectivity index (χ1n) is 8.09. The summed E-state index contributed by atoms with van der Waals surface area (Å²) in [4.78, 5) is 44.8. The van der Waals surface area contributed by atoms with Gasteiger partial charge in [-0.25, -0.2) is 4.79 Å². The number of hydroxylamine groups is 2. The van der Waals surface area contributed by atoms with Crippen molar-refractivity contribution < 1.29 is 19.2 Å². The van der Waals surface area contributed by atoms with Gasteiger partial charge in [0.05, 0.1) is 11.1 Å². The van der Waals surface area contributed by atoms with E-state index in [1.54, 1.807) is 24.3 Å². The van der Waals surface area contributed by atoms with Crippen LogP contribution in [0, 0.1) is 0 Å². The van der Waals surface area contributed by atoms with Crippen LogP contribution in [0.25, 0.3) is 0 Å². The highest BCUT2D eigenvalue weighted by molar-refractivity contribution is 6.21. The molecule has 2 fully saturated rings. The third kappa shape index (κ3) is 2.01. The van der Waals surface area contributed by atoms with Gasteiger partial charge < -0.3 is 4.84 Å². The molecule has 1 aromatic carbocycles. The molecular formula is C17H18N2O4. The number of carbonyl (C=O) groups excluding carboxylic acids is 3. The first kappa shape index (κ1) is 14.4. The van der Waals surface area contributed by atoms with Crippen LogP contribution < -0.4 is 0 Å². The second-order valence-electron chi connectivity index (χ2n) is 6.41. The number of benzene rings is 1. The standard InChI is InChI=1S/C17H18N2O4/c20-14-12-6-1-2-7-13(12)15(21)19(14)23-16(22)17(8-5-9-17)18-10-3-4-11-18/h1-2,6-7H,3-5,8-11H2. The molecule has 1 aliphatic carbocycles. The average Bonchev–Trinajstić information content (AvgIpc) is 3.11. The number of nitrogens with zero attached hydrogens (tertiary/aromatic N) is 2. The van der Waals surface area contributed by atoms with E-state index in [4.69, 9.17) is 4.84 Å². The van der Waals surface area contributed by atoms with Crippen molar-refractivity contribution in [2.75, 3.05) is 13.1 Å². The second kappa shape index (κ2) is 5.16. The van der Waals surface area contributed by atoms with Gasteiger partial charge in [0.15, 0.2) is 0 Å². The van der Waals surface area contributed by atoms with Crippen LogP contribution in [0.1, 0.15) is 52.8 Å². The Labute approximate surface area is 134 Å². The lowest BCUT2D eigenvalue weighted by Gasteiger charge is -2.46. The Bertz CT molecular complexity index is 655. The third-order valence-electron chi connectivity index (χ3n) is 5.20. The molecule has 0 N–H and O–H groups in total. The SMILES string of the molecule is O=C1c2ccccc2C(=O)N1OC(=O)C1(N2CCCC2)CCC1. The average molecular weight is 314 g/mol. The molecule has 0 radical (unpaired) electrons. The van der Waals surface area contributed by atoms with Gasteiger partial charge in [-0.05, 0) is 57.3 Å². The van der Waals surface area contributed by atoms with Gasteiger partial charge in [-0.3, -0.25) is 14.5 Å². The van der Waals surface area contributed by atoms with E-state index in [0.29, 0.717) is 5.06 Å². The minimum absolute atomic E-state index is 0.286. The molecule has 0 atom stereocenters. The minimum Gasteiger partial charge on any atom is -0.328 e. The maximum absolute atomic E-state index is 12.7. The first-order chi connectivity index (χ1) is 11.1. The Morgan fingerprint density at radius 2 is 1.52 bits per heavy atom. The monoisotopic (exact) mass is 314 g/mol. The number of likely N-dealkylation sites (tertiary alicyclic amines) is 1. The largest absolute Gasteiger partial charge is 0.353 e. The van der Waals surface area contributed by atoms with Crippen molar-refractivity contribution in [2.24, 2.45) is 0 Å². The van der Waals surface area contributed by atoms with Crippen LogP contribution in [0.3, 0.4) is 0 Å².